The highest BCUT2D eigenvalue weighted by Crippen LogP contribution is 2.35. The molecule has 0 radical (unpaired) electrons. The van der Waals surface area contributed by atoms with Crippen LogP contribution < -0.4 is 0 Å². The lowest BCUT2D eigenvalue weighted by Gasteiger charge is -2.33. The highest BCUT2D eigenvalue weighted by Gasteiger charge is 2.27. The molecule has 0 spiro atoms. The Bertz CT molecular complexity index is 438. The zero-order valence-corrected chi connectivity index (χ0v) is 14.3. The summed E-state index contributed by atoms with van der Waals surface area (Å²) >= 11 is 5.30. The predicted molar refractivity (Wildman–Crippen MR) is 83.1 cm³/mol. The molecule has 0 bridgehead atoms. The van der Waals surface area contributed by atoms with Crippen LogP contribution in [0.15, 0.2) is 10.5 Å². The van der Waals surface area contributed by atoms with E-state index in [-0.39, 0.29) is 12.0 Å². The van der Waals surface area contributed by atoms with Gasteiger partial charge in [0.1, 0.15) is 0 Å². The standard InChI is InChI=1S/C14H20BrNO3S/c1-3-19-14(17)9-12(16-4-6-18-7-5-16)13-8-11(15)10(2)20-13/h8,12H,3-7,9H2,1-2H3. The van der Waals surface area contributed by atoms with E-state index in [1.165, 1.54) is 9.75 Å². The zero-order chi connectivity index (χ0) is 14.5. The second-order valence-corrected chi connectivity index (χ2v) is 6.87. The topological polar surface area (TPSA) is 38.8 Å². The molecule has 1 atom stereocenters. The molecule has 1 aromatic heterocycles. The third-order valence-corrected chi connectivity index (χ3v) is 5.59. The Kier molecular flexibility index (Phi) is 6.01. The van der Waals surface area contributed by atoms with E-state index < -0.39 is 0 Å². The average Bonchev–Trinajstić information content (AvgIpc) is 2.77. The summed E-state index contributed by atoms with van der Waals surface area (Å²) in [5, 5.41) is 0. The van der Waals surface area contributed by atoms with Gasteiger partial charge in [-0.2, -0.15) is 0 Å². The molecule has 0 aliphatic carbocycles. The van der Waals surface area contributed by atoms with Crippen molar-refractivity contribution < 1.29 is 14.3 Å². The van der Waals surface area contributed by atoms with Gasteiger partial charge in [0, 0.05) is 27.3 Å². The Morgan fingerprint density at radius 3 is 2.80 bits per heavy atom. The van der Waals surface area contributed by atoms with Gasteiger partial charge in [0.25, 0.3) is 0 Å². The number of carbonyl (C=O) groups excluding carboxylic acids is 1. The second-order valence-electron chi connectivity index (χ2n) is 4.73. The van der Waals surface area contributed by atoms with Gasteiger partial charge in [-0.05, 0) is 35.8 Å². The number of aryl methyl sites for hydroxylation is 1. The fourth-order valence-corrected chi connectivity index (χ4v) is 4.02. The number of rotatable bonds is 5. The summed E-state index contributed by atoms with van der Waals surface area (Å²) in [7, 11) is 0. The number of nitrogens with zero attached hydrogens (tertiary/aromatic N) is 1. The van der Waals surface area contributed by atoms with Crippen LogP contribution in [0.25, 0.3) is 0 Å². The molecule has 112 valence electrons. The van der Waals surface area contributed by atoms with Crippen molar-refractivity contribution in [3.63, 3.8) is 0 Å². The van der Waals surface area contributed by atoms with Gasteiger partial charge in [-0.3, -0.25) is 9.69 Å². The Hall–Kier alpha value is -0.430. The van der Waals surface area contributed by atoms with E-state index in [4.69, 9.17) is 9.47 Å². The number of hydrogen-bond donors (Lipinski definition) is 0. The zero-order valence-electron chi connectivity index (χ0n) is 11.9. The van der Waals surface area contributed by atoms with Gasteiger partial charge in [-0.1, -0.05) is 0 Å². The van der Waals surface area contributed by atoms with Gasteiger partial charge in [0.05, 0.1) is 32.3 Å². The van der Waals surface area contributed by atoms with Crippen molar-refractivity contribution in [2.24, 2.45) is 0 Å². The van der Waals surface area contributed by atoms with Crippen molar-refractivity contribution in [1.29, 1.82) is 0 Å². The smallest absolute Gasteiger partial charge is 0.307 e. The van der Waals surface area contributed by atoms with Gasteiger partial charge in [0.2, 0.25) is 0 Å². The van der Waals surface area contributed by atoms with Crippen LogP contribution in [-0.2, 0) is 14.3 Å². The Morgan fingerprint density at radius 1 is 1.55 bits per heavy atom. The quantitative estimate of drug-likeness (QED) is 0.755. The number of morpholine rings is 1. The van der Waals surface area contributed by atoms with E-state index in [1.54, 1.807) is 11.3 Å². The van der Waals surface area contributed by atoms with Crippen LogP contribution in [0, 0.1) is 6.92 Å². The summed E-state index contributed by atoms with van der Waals surface area (Å²) in [6.07, 6.45) is 0.403. The van der Waals surface area contributed by atoms with Crippen molar-refractivity contribution in [2.75, 3.05) is 32.9 Å². The molecule has 1 aliphatic rings. The van der Waals surface area contributed by atoms with Crippen molar-refractivity contribution in [2.45, 2.75) is 26.3 Å². The summed E-state index contributed by atoms with van der Waals surface area (Å²) in [5.74, 6) is -0.133. The van der Waals surface area contributed by atoms with E-state index in [0.717, 1.165) is 30.8 Å². The monoisotopic (exact) mass is 361 g/mol. The van der Waals surface area contributed by atoms with E-state index >= 15 is 0 Å². The minimum atomic E-state index is -0.133. The molecule has 1 fully saturated rings. The van der Waals surface area contributed by atoms with Gasteiger partial charge in [-0.25, -0.2) is 0 Å². The van der Waals surface area contributed by atoms with E-state index in [0.29, 0.717) is 13.0 Å². The van der Waals surface area contributed by atoms with E-state index in [9.17, 15) is 4.79 Å². The number of halogens is 1. The Labute approximate surface area is 132 Å². The van der Waals surface area contributed by atoms with Gasteiger partial charge < -0.3 is 9.47 Å². The van der Waals surface area contributed by atoms with Crippen molar-refractivity contribution in [3.05, 3.63) is 20.3 Å². The normalized spacial score (nSPS) is 17.9. The summed E-state index contributed by atoms with van der Waals surface area (Å²) in [6, 6.07) is 2.22. The van der Waals surface area contributed by atoms with Gasteiger partial charge in [-0.15, -0.1) is 11.3 Å². The number of thiophene rings is 1. The molecule has 4 nitrogen and oxygen atoms in total. The summed E-state index contributed by atoms with van der Waals surface area (Å²) < 4.78 is 11.6. The van der Waals surface area contributed by atoms with Crippen LogP contribution in [0.5, 0.6) is 0 Å². The first-order chi connectivity index (χ1) is 9.61. The van der Waals surface area contributed by atoms with Crippen LogP contribution in [-0.4, -0.2) is 43.8 Å². The molecular formula is C14H20BrNO3S. The van der Waals surface area contributed by atoms with Gasteiger partial charge in [0.15, 0.2) is 0 Å². The van der Waals surface area contributed by atoms with E-state index in [1.807, 2.05) is 6.92 Å². The SMILES string of the molecule is CCOC(=O)CC(c1cc(Br)c(C)s1)N1CCOCC1. The fraction of sp³-hybridized carbons (Fsp3) is 0.643. The maximum absolute atomic E-state index is 11.9. The second kappa shape index (κ2) is 7.54. The lowest BCUT2D eigenvalue weighted by atomic mass is 10.1. The van der Waals surface area contributed by atoms with Crippen LogP contribution >= 0.6 is 27.3 Å². The summed E-state index contributed by atoms with van der Waals surface area (Å²) in [4.78, 5) is 16.6. The molecule has 0 N–H and O–H groups in total. The van der Waals surface area contributed by atoms with Gasteiger partial charge >= 0.3 is 5.97 Å². The summed E-state index contributed by atoms with van der Waals surface area (Å²) in [5.41, 5.74) is 0. The molecule has 2 rings (SSSR count). The minimum absolute atomic E-state index is 0.0907. The maximum Gasteiger partial charge on any atom is 0.307 e. The minimum Gasteiger partial charge on any atom is -0.466 e. The Balaban J connectivity index is 2.16. The van der Waals surface area contributed by atoms with Crippen molar-refractivity contribution in [3.8, 4) is 0 Å². The molecule has 1 aliphatic heterocycles. The third-order valence-electron chi connectivity index (χ3n) is 3.36. The average molecular weight is 362 g/mol. The molecular weight excluding hydrogens is 342 g/mol. The number of esters is 1. The van der Waals surface area contributed by atoms with Crippen LogP contribution in [0.3, 0.4) is 0 Å². The first-order valence-corrected chi connectivity index (χ1v) is 8.46. The number of ether oxygens (including phenoxy) is 2. The van der Waals surface area contributed by atoms with E-state index in [2.05, 4.69) is 33.8 Å². The van der Waals surface area contributed by atoms with Crippen LogP contribution in [0.1, 0.15) is 29.1 Å². The summed E-state index contributed by atoms with van der Waals surface area (Å²) in [6.45, 7) is 7.53. The lowest BCUT2D eigenvalue weighted by Crippen LogP contribution is -2.39. The third kappa shape index (κ3) is 4.04. The molecule has 0 amide bonds. The molecule has 1 aromatic rings. The fourth-order valence-electron chi connectivity index (χ4n) is 2.32. The number of carbonyl (C=O) groups is 1. The molecule has 0 saturated carbocycles. The molecule has 6 heteroatoms. The first kappa shape index (κ1) is 15.9. The number of hydrogen-bond acceptors (Lipinski definition) is 5. The molecule has 1 saturated heterocycles. The van der Waals surface area contributed by atoms with Crippen molar-refractivity contribution in [1.82, 2.24) is 4.90 Å². The molecule has 0 aromatic carbocycles. The highest BCUT2D eigenvalue weighted by molar-refractivity contribution is 9.10. The van der Waals surface area contributed by atoms with Crippen LogP contribution in [0.4, 0.5) is 0 Å². The van der Waals surface area contributed by atoms with Crippen molar-refractivity contribution >= 4 is 33.2 Å². The highest BCUT2D eigenvalue weighted by atomic mass is 79.9. The molecule has 1 unspecified atom stereocenters. The molecule has 20 heavy (non-hydrogen) atoms. The largest absolute Gasteiger partial charge is 0.466 e. The first-order valence-electron chi connectivity index (χ1n) is 6.85. The predicted octanol–water partition coefficient (Wildman–Crippen LogP) is 3.15. The maximum atomic E-state index is 11.9. The van der Waals surface area contributed by atoms with Crippen LogP contribution in [0.2, 0.25) is 0 Å². The molecule has 2 heterocycles. The Morgan fingerprint density at radius 2 is 2.25 bits per heavy atom. The lowest BCUT2D eigenvalue weighted by molar-refractivity contribution is -0.145.